The molecule has 2 fully saturated rings. The molecule has 0 bridgehead atoms. The van der Waals surface area contributed by atoms with Crippen LogP contribution in [0, 0.1) is 5.82 Å². The van der Waals surface area contributed by atoms with Gasteiger partial charge in [0.15, 0.2) is 5.82 Å². The Bertz CT molecular complexity index is 1550. The van der Waals surface area contributed by atoms with Gasteiger partial charge in [0.25, 0.3) is 5.91 Å². The fourth-order valence-corrected chi connectivity index (χ4v) is 6.02. The van der Waals surface area contributed by atoms with Gasteiger partial charge in [-0.2, -0.15) is 10.1 Å². The Morgan fingerprint density at radius 3 is 2.67 bits per heavy atom. The number of carbonyl (C=O) groups is 1. The number of fused-ring (bicyclic) bond motifs is 2. The smallest absolute Gasteiger partial charge is 0.317 e. The molecule has 2 aliphatic heterocycles. The number of piperazine rings is 1. The Kier molecular flexibility index (Phi) is 6.77. The third kappa shape index (κ3) is 5.11. The van der Waals surface area contributed by atoms with Crippen LogP contribution in [0.4, 0.5) is 15.8 Å². The second-order valence-corrected chi connectivity index (χ2v) is 11.2. The van der Waals surface area contributed by atoms with Crippen LogP contribution in [0.3, 0.4) is 0 Å². The Balaban J connectivity index is 1.36. The molecule has 39 heavy (non-hydrogen) atoms. The van der Waals surface area contributed by atoms with Gasteiger partial charge in [-0.3, -0.25) is 9.48 Å². The topological polar surface area (TPSA) is 100 Å². The summed E-state index contributed by atoms with van der Waals surface area (Å²) in [5.41, 5.74) is 2.43. The van der Waals surface area contributed by atoms with E-state index in [0.29, 0.717) is 34.2 Å². The lowest BCUT2D eigenvalue weighted by atomic mass is 10.0. The van der Waals surface area contributed by atoms with Gasteiger partial charge in [0.05, 0.1) is 11.1 Å². The SMILES string of the molecule is CSN1CC(Oc2ncc3c(N4CC(C)NC(C)C4)ccc(C(=O)Nc4cc(F)c5nn(C)cc5c4)c3n2)C1. The van der Waals surface area contributed by atoms with Crippen LogP contribution >= 0.6 is 11.9 Å². The molecule has 2 unspecified atom stereocenters. The second-order valence-electron chi connectivity index (χ2n) is 10.3. The number of hydrogen-bond acceptors (Lipinski definition) is 9. The number of nitrogens with one attached hydrogen (secondary N) is 2. The quantitative estimate of drug-likeness (QED) is 0.350. The van der Waals surface area contributed by atoms with Crippen molar-refractivity contribution in [3.8, 4) is 6.01 Å². The summed E-state index contributed by atoms with van der Waals surface area (Å²) in [6, 6.07) is 7.57. The molecule has 2 aromatic carbocycles. The van der Waals surface area contributed by atoms with Crippen molar-refractivity contribution in [3.63, 3.8) is 0 Å². The summed E-state index contributed by atoms with van der Waals surface area (Å²) in [5.74, 6) is -0.888. The number of nitrogens with zero attached hydrogens (tertiary/aromatic N) is 6. The Morgan fingerprint density at radius 2 is 1.92 bits per heavy atom. The molecular weight excluding hydrogens is 519 g/mol. The second kappa shape index (κ2) is 10.2. The number of benzene rings is 2. The normalized spacial score (nSPS) is 20.4. The monoisotopic (exact) mass is 550 g/mol. The van der Waals surface area contributed by atoms with Crippen LogP contribution in [-0.4, -0.2) is 80.6 Å². The van der Waals surface area contributed by atoms with Crippen molar-refractivity contribution in [2.45, 2.75) is 32.0 Å². The standard InChI is InChI=1S/C27H31FN8O2S/c1-15-10-35(11-16(2)30-15)23-6-5-20(25-21(23)9-29-27(32-25)38-19-13-36(14-19)39-4)26(37)31-18-7-17-12-34(3)33-24(17)22(28)8-18/h5-9,12,15-16,19,30H,10-11,13-14H2,1-4H3,(H,31,37). The first-order valence-electron chi connectivity index (χ1n) is 13.0. The maximum Gasteiger partial charge on any atom is 0.317 e. The van der Waals surface area contributed by atoms with Crippen molar-refractivity contribution < 1.29 is 13.9 Å². The van der Waals surface area contributed by atoms with E-state index in [1.165, 1.54) is 6.07 Å². The Hall–Kier alpha value is -3.48. The predicted molar refractivity (Wildman–Crippen MR) is 152 cm³/mol. The van der Waals surface area contributed by atoms with Crippen LogP contribution in [-0.2, 0) is 7.05 Å². The molecule has 2 atom stereocenters. The fourth-order valence-electron chi connectivity index (χ4n) is 5.38. The highest BCUT2D eigenvalue weighted by molar-refractivity contribution is 7.96. The molecule has 4 aromatic rings. The van der Waals surface area contributed by atoms with E-state index >= 15 is 0 Å². The van der Waals surface area contributed by atoms with Gasteiger partial charge in [-0.15, -0.1) is 0 Å². The summed E-state index contributed by atoms with van der Waals surface area (Å²) in [5, 5.41) is 11.9. The summed E-state index contributed by atoms with van der Waals surface area (Å²) in [6.45, 7) is 7.53. The van der Waals surface area contributed by atoms with Crippen LogP contribution in [0.15, 0.2) is 36.7 Å². The van der Waals surface area contributed by atoms with Crippen molar-refractivity contribution >= 4 is 51.0 Å². The van der Waals surface area contributed by atoms with Gasteiger partial charge in [-0.05, 0) is 44.4 Å². The number of aryl methyl sites for hydroxylation is 1. The van der Waals surface area contributed by atoms with E-state index < -0.39 is 11.7 Å². The Morgan fingerprint density at radius 1 is 1.15 bits per heavy atom. The average molecular weight is 551 g/mol. The van der Waals surface area contributed by atoms with Crippen LogP contribution in [0.1, 0.15) is 24.2 Å². The van der Waals surface area contributed by atoms with Gasteiger partial charge in [0.2, 0.25) is 0 Å². The number of aromatic nitrogens is 4. The molecule has 204 valence electrons. The van der Waals surface area contributed by atoms with Gasteiger partial charge >= 0.3 is 6.01 Å². The minimum Gasteiger partial charge on any atom is -0.457 e. The average Bonchev–Trinajstić information content (AvgIpc) is 3.25. The molecule has 0 aliphatic carbocycles. The minimum atomic E-state index is -0.497. The lowest BCUT2D eigenvalue weighted by Crippen LogP contribution is -2.54. The summed E-state index contributed by atoms with van der Waals surface area (Å²) in [6.07, 6.45) is 5.49. The summed E-state index contributed by atoms with van der Waals surface area (Å²) in [4.78, 5) is 25.1. The molecule has 0 saturated carbocycles. The van der Waals surface area contributed by atoms with Gasteiger partial charge < -0.3 is 20.3 Å². The van der Waals surface area contributed by atoms with E-state index in [0.717, 1.165) is 37.3 Å². The minimum absolute atomic E-state index is 0.000545. The van der Waals surface area contributed by atoms with Gasteiger partial charge in [-0.1, -0.05) is 11.9 Å². The first-order valence-corrected chi connectivity index (χ1v) is 14.2. The lowest BCUT2D eigenvalue weighted by Gasteiger charge is -2.38. The number of halogens is 1. The maximum absolute atomic E-state index is 14.7. The van der Waals surface area contributed by atoms with E-state index in [1.54, 1.807) is 48.2 Å². The lowest BCUT2D eigenvalue weighted by molar-refractivity contribution is 0.0753. The molecule has 12 heteroatoms. The summed E-state index contributed by atoms with van der Waals surface area (Å²) in [7, 11) is 1.73. The molecule has 2 aliphatic rings. The number of rotatable bonds is 6. The van der Waals surface area contributed by atoms with E-state index in [9.17, 15) is 9.18 Å². The van der Waals surface area contributed by atoms with E-state index in [4.69, 9.17) is 9.72 Å². The largest absolute Gasteiger partial charge is 0.457 e. The first-order chi connectivity index (χ1) is 18.8. The highest BCUT2D eigenvalue weighted by Gasteiger charge is 2.29. The first kappa shape index (κ1) is 25.8. The summed E-state index contributed by atoms with van der Waals surface area (Å²) >= 11 is 1.67. The number of carbonyl (C=O) groups excluding carboxylic acids is 1. The third-order valence-electron chi connectivity index (χ3n) is 7.13. The molecule has 0 radical (unpaired) electrons. The number of amides is 1. The molecule has 2 saturated heterocycles. The van der Waals surface area contributed by atoms with Crippen molar-refractivity contribution in [3.05, 3.63) is 48.0 Å². The van der Waals surface area contributed by atoms with Crippen LogP contribution in [0.25, 0.3) is 21.8 Å². The summed E-state index contributed by atoms with van der Waals surface area (Å²) < 4.78 is 24.4. The highest BCUT2D eigenvalue weighted by atomic mass is 32.2. The van der Waals surface area contributed by atoms with E-state index in [-0.39, 0.29) is 17.6 Å². The zero-order valence-corrected chi connectivity index (χ0v) is 23.1. The van der Waals surface area contributed by atoms with Crippen LogP contribution in [0.2, 0.25) is 0 Å². The number of anilines is 2. The number of ether oxygens (including phenoxy) is 1. The molecule has 2 aromatic heterocycles. The van der Waals surface area contributed by atoms with Crippen LogP contribution in [0.5, 0.6) is 6.01 Å². The van der Waals surface area contributed by atoms with Gasteiger partial charge in [0, 0.05) is 79.9 Å². The van der Waals surface area contributed by atoms with Gasteiger partial charge in [0.1, 0.15) is 11.6 Å². The molecular formula is C27H31FN8O2S. The molecule has 2 N–H and O–H groups in total. The van der Waals surface area contributed by atoms with Gasteiger partial charge in [-0.25, -0.2) is 13.7 Å². The highest BCUT2D eigenvalue weighted by Crippen LogP contribution is 2.32. The predicted octanol–water partition coefficient (Wildman–Crippen LogP) is 3.44. The Labute approximate surface area is 230 Å². The maximum atomic E-state index is 14.7. The van der Waals surface area contributed by atoms with Crippen molar-refractivity contribution in [2.75, 3.05) is 42.7 Å². The van der Waals surface area contributed by atoms with E-state index in [2.05, 4.69) is 43.8 Å². The molecule has 0 spiro atoms. The van der Waals surface area contributed by atoms with Crippen molar-refractivity contribution in [1.29, 1.82) is 0 Å². The van der Waals surface area contributed by atoms with Crippen molar-refractivity contribution in [2.24, 2.45) is 7.05 Å². The fraction of sp³-hybridized carbons (Fsp3) is 0.407. The number of hydrogen-bond donors (Lipinski definition) is 2. The molecule has 10 nitrogen and oxygen atoms in total. The molecule has 4 heterocycles. The van der Waals surface area contributed by atoms with E-state index in [1.807, 2.05) is 12.3 Å². The molecule has 1 amide bonds. The molecule has 6 rings (SSSR count). The zero-order chi connectivity index (χ0) is 27.3. The van der Waals surface area contributed by atoms with Crippen molar-refractivity contribution in [1.82, 2.24) is 29.4 Å². The third-order valence-corrected chi connectivity index (χ3v) is 7.94. The van der Waals surface area contributed by atoms with Crippen LogP contribution < -0.4 is 20.3 Å². The zero-order valence-electron chi connectivity index (χ0n) is 22.3.